The normalized spacial score (nSPS) is 22.9. The number of methoxy groups -OCH3 is 1. The van der Waals surface area contributed by atoms with Gasteiger partial charge in [-0.15, -0.1) is 23.2 Å². The van der Waals surface area contributed by atoms with Gasteiger partial charge in [0.05, 0.1) is 7.11 Å². The molecule has 0 radical (unpaired) electrons. The van der Waals surface area contributed by atoms with E-state index in [1.165, 1.54) is 0 Å². The van der Waals surface area contributed by atoms with Crippen molar-refractivity contribution in [3.63, 3.8) is 0 Å². The average molecular weight is 451 g/mol. The summed E-state index contributed by atoms with van der Waals surface area (Å²) in [7, 11) is 1.65. The lowest BCUT2D eigenvalue weighted by Gasteiger charge is -2.04. The molecule has 1 nitrogen and oxygen atoms in total. The van der Waals surface area contributed by atoms with Crippen molar-refractivity contribution in [3.05, 3.63) is 62.5 Å². The van der Waals surface area contributed by atoms with E-state index in [1.54, 1.807) is 7.11 Å². The summed E-state index contributed by atoms with van der Waals surface area (Å²) >= 11 is 20.1. The molecule has 0 saturated heterocycles. The van der Waals surface area contributed by atoms with Crippen molar-refractivity contribution in [3.8, 4) is 5.75 Å². The van der Waals surface area contributed by atoms with Crippen LogP contribution in [0.3, 0.4) is 0 Å². The van der Waals surface area contributed by atoms with Crippen molar-refractivity contribution < 1.29 is 4.74 Å². The van der Waals surface area contributed by atoms with E-state index in [0.29, 0.717) is 0 Å². The molecule has 0 amide bonds. The SMILES string of the molecule is COc1ccc([C@H]2[C@H](c3cc(Br)cc(Br)c3)C2(Cl)Cl)cc1. The Bertz CT molecular complexity index is 650. The van der Waals surface area contributed by atoms with E-state index < -0.39 is 4.33 Å². The Labute approximate surface area is 150 Å². The van der Waals surface area contributed by atoms with Crippen LogP contribution in [0.5, 0.6) is 5.75 Å². The Morgan fingerprint density at radius 2 is 1.43 bits per heavy atom. The van der Waals surface area contributed by atoms with Gasteiger partial charge in [0.2, 0.25) is 0 Å². The third kappa shape index (κ3) is 2.98. The maximum Gasteiger partial charge on any atom is 0.133 e. The third-order valence-electron chi connectivity index (χ3n) is 3.77. The third-order valence-corrected chi connectivity index (χ3v) is 5.63. The average Bonchev–Trinajstić information content (AvgIpc) is 3.00. The molecule has 0 aliphatic heterocycles. The fourth-order valence-electron chi connectivity index (χ4n) is 2.72. The van der Waals surface area contributed by atoms with Crippen LogP contribution in [0, 0.1) is 0 Å². The summed E-state index contributed by atoms with van der Waals surface area (Å²) in [5.74, 6) is 1.01. The summed E-state index contributed by atoms with van der Waals surface area (Å²) in [5, 5.41) is 0. The first-order chi connectivity index (χ1) is 9.93. The number of hydrogen-bond acceptors (Lipinski definition) is 1. The van der Waals surface area contributed by atoms with Gasteiger partial charge in [0, 0.05) is 20.8 Å². The monoisotopic (exact) mass is 448 g/mol. The van der Waals surface area contributed by atoms with Gasteiger partial charge in [-0.25, -0.2) is 0 Å². The topological polar surface area (TPSA) is 9.23 Å². The second kappa shape index (κ2) is 5.77. The fourth-order valence-corrected chi connectivity index (χ4v) is 4.93. The smallest absolute Gasteiger partial charge is 0.133 e. The number of benzene rings is 2. The molecule has 2 aromatic carbocycles. The maximum absolute atomic E-state index is 6.52. The highest BCUT2D eigenvalue weighted by molar-refractivity contribution is 9.11. The van der Waals surface area contributed by atoms with Crippen molar-refractivity contribution >= 4 is 55.1 Å². The zero-order valence-corrected chi connectivity index (χ0v) is 15.8. The highest BCUT2D eigenvalue weighted by atomic mass is 79.9. The molecule has 110 valence electrons. The van der Waals surface area contributed by atoms with E-state index in [4.69, 9.17) is 27.9 Å². The quantitative estimate of drug-likeness (QED) is 0.500. The summed E-state index contributed by atoms with van der Waals surface area (Å²) in [5.41, 5.74) is 2.25. The van der Waals surface area contributed by atoms with E-state index in [9.17, 15) is 0 Å². The van der Waals surface area contributed by atoms with Gasteiger partial charge in [0.25, 0.3) is 0 Å². The largest absolute Gasteiger partial charge is 0.497 e. The Kier molecular flexibility index (Phi) is 4.30. The predicted octanol–water partition coefficient (Wildman–Crippen LogP) is 6.28. The van der Waals surface area contributed by atoms with Crippen molar-refractivity contribution in [1.82, 2.24) is 0 Å². The first-order valence-electron chi connectivity index (χ1n) is 6.41. The zero-order chi connectivity index (χ0) is 15.2. The molecule has 0 aromatic heterocycles. The molecule has 1 aliphatic rings. The molecular weight excluding hydrogens is 439 g/mol. The molecule has 1 fully saturated rings. The maximum atomic E-state index is 6.52. The van der Waals surface area contributed by atoms with E-state index in [2.05, 4.69) is 44.0 Å². The molecule has 1 aliphatic carbocycles. The fraction of sp³-hybridized carbons (Fsp3) is 0.250. The Morgan fingerprint density at radius 3 is 1.95 bits per heavy atom. The van der Waals surface area contributed by atoms with Gasteiger partial charge >= 0.3 is 0 Å². The van der Waals surface area contributed by atoms with E-state index in [1.807, 2.05) is 30.3 Å². The van der Waals surface area contributed by atoms with Crippen LogP contribution in [0.25, 0.3) is 0 Å². The Morgan fingerprint density at radius 1 is 0.905 bits per heavy atom. The van der Waals surface area contributed by atoms with Crippen molar-refractivity contribution in [2.45, 2.75) is 16.2 Å². The van der Waals surface area contributed by atoms with Crippen LogP contribution in [0.4, 0.5) is 0 Å². The molecule has 2 aromatic rings. The molecule has 0 bridgehead atoms. The van der Waals surface area contributed by atoms with Gasteiger partial charge in [0.15, 0.2) is 0 Å². The molecule has 0 unspecified atom stereocenters. The Balaban J connectivity index is 1.93. The standard InChI is InChI=1S/C16H12Br2Cl2O/c1-21-13-4-2-9(3-5-13)14-15(16(14,19)20)10-6-11(17)8-12(18)7-10/h2-8,14-15H,1H3/t14-,15-/m0/s1. The van der Waals surface area contributed by atoms with Crippen molar-refractivity contribution in [2.75, 3.05) is 7.11 Å². The van der Waals surface area contributed by atoms with Gasteiger partial charge in [0.1, 0.15) is 10.1 Å². The number of alkyl halides is 2. The molecule has 1 saturated carbocycles. The molecule has 0 spiro atoms. The second-order valence-corrected chi connectivity index (χ2v) is 8.38. The van der Waals surface area contributed by atoms with Crippen LogP contribution >= 0.6 is 55.1 Å². The van der Waals surface area contributed by atoms with Gasteiger partial charge < -0.3 is 4.74 Å². The molecule has 0 N–H and O–H groups in total. The summed E-state index contributed by atoms with van der Waals surface area (Å²) < 4.78 is 6.44. The van der Waals surface area contributed by atoms with Crippen LogP contribution in [0.15, 0.2) is 51.4 Å². The summed E-state index contributed by atoms with van der Waals surface area (Å²) in [4.78, 5) is 0. The van der Waals surface area contributed by atoms with E-state index in [-0.39, 0.29) is 11.8 Å². The lowest BCUT2D eigenvalue weighted by atomic mass is 10.0. The number of ether oxygens (including phenoxy) is 1. The molecule has 21 heavy (non-hydrogen) atoms. The van der Waals surface area contributed by atoms with Crippen LogP contribution in [-0.4, -0.2) is 11.4 Å². The van der Waals surface area contributed by atoms with Gasteiger partial charge in [-0.1, -0.05) is 44.0 Å². The highest BCUT2D eigenvalue weighted by Gasteiger charge is 2.64. The van der Waals surface area contributed by atoms with E-state index in [0.717, 1.165) is 25.8 Å². The van der Waals surface area contributed by atoms with Crippen LogP contribution < -0.4 is 4.74 Å². The lowest BCUT2D eigenvalue weighted by Crippen LogP contribution is -1.91. The molecular formula is C16H12Br2Cl2O. The summed E-state index contributed by atoms with van der Waals surface area (Å²) in [6, 6.07) is 14.1. The number of halogens is 4. The lowest BCUT2D eigenvalue weighted by molar-refractivity contribution is 0.414. The summed E-state index contributed by atoms with van der Waals surface area (Å²) in [6.45, 7) is 0. The van der Waals surface area contributed by atoms with Crippen LogP contribution in [0.1, 0.15) is 23.0 Å². The van der Waals surface area contributed by atoms with Gasteiger partial charge in [-0.3, -0.25) is 0 Å². The molecule has 2 atom stereocenters. The minimum Gasteiger partial charge on any atom is -0.497 e. The summed E-state index contributed by atoms with van der Waals surface area (Å²) in [6.07, 6.45) is 0. The first-order valence-corrected chi connectivity index (χ1v) is 8.75. The highest BCUT2D eigenvalue weighted by Crippen LogP contribution is 2.70. The van der Waals surface area contributed by atoms with Crippen LogP contribution in [-0.2, 0) is 0 Å². The minimum absolute atomic E-state index is 0.0861. The number of rotatable bonds is 3. The molecule has 5 heteroatoms. The minimum atomic E-state index is -0.769. The second-order valence-electron chi connectivity index (χ2n) is 5.11. The van der Waals surface area contributed by atoms with Crippen molar-refractivity contribution in [1.29, 1.82) is 0 Å². The molecule has 0 heterocycles. The zero-order valence-electron chi connectivity index (χ0n) is 11.1. The first kappa shape index (κ1) is 15.7. The Hall–Kier alpha value is -0.220. The molecule has 3 rings (SSSR count). The van der Waals surface area contributed by atoms with Gasteiger partial charge in [-0.2, -0.15) is 0 Å². The number of hydrogen-bond donors (Lipinski definition) is 0. The predicted molar refractivity (Wildman–Crippen MR) is 94.8 cm³/mol. The van der Waals surface area contributed by atoms with E-state index >= 15 is 0 Å². The van der Waals surface area contributed by atoms with Crippen molar-refractivity contribution in [2.24, 2.45) is 0 Å². The van der Waals surface area contributed by atoms with Gasteiger partial charge in [-0.05, 0) is 41.5 Å². The van der Waals surface area contributed by atoms with Crippen LogP contribution in [0.2, 0.25) is 0 Å².